The minimum absolute atomic E-state index is 0.0148. The highest BCUT2D eigenvalue weighted by Gasteiger charge is 2.34. The van der Waals surface area contributed by atoms with Crippen LogP contribution in [0.2, 0.25) is 0 Å². The molecule has 28 heavy (non-hydrogen) atoms. The Morgan fingerprint density at radius 3 is 2.61 bits per heavy atom. The smallest absolute Gasteiger partial charge is 0.237 e. The highest BCUT2D eigenvalue weighted by Crippen LogP contribution is 2.37. The van der Waals surface area contributed by atoms with Crippen molar-refractivity contribution in [1.82, 2.24) is 9.97 Å². The van der Waals surface area contributed by atoms with Crippen LogP contribution in [0.5, 0.6) is 0 Å². The molecule has 0 fully saturated rings. The fourth-order valence-corrected chi connectivity index (χ4v) is 4.13. The maximum Gasteiger partial charge on any atom is 0.417 e. The summed E-state index contributed by atoms with van der Waals surface area (Å²) in [5.74, 6) is 0.107. The highest BCUT2D eigenvalue weighted by atomic mass is 32.1. The van der Waals surface area contributed by atoms with E-state index in [0.29, 0.717) is 11.3 Å². The number of hydrogen-bond acceptors (Lipinski definition) is 3. The average molecular weight is 405 g/mol. The third-order valence-electron chi connectivity index (χ3n) is 4.66. The van der Waals surface area contributed by atoms with Gasteiger partial charge >= 0.3 is 6.18 Å². The van der Waals surface area contributed by atoms with Gasteiger partial charge in [0, 0.05) is 11.8 Å². The lowest BCUT2D eigenvalue weighted by molar-refractivity contribution is -0.137. The molecular formula is C22H23F3N2S. The quantitative estimate of drug-likeness (QED) is 0.386. The number of thiophene rings is 1. The lowest BCUT2D eigenvalue weighted by Gasteiger charge is -2.13. The van der Waals surface area contributed by atoms with Crippen molar-refractivity contribution in [2.75, 3.05) is 0 Å². The van der Waals surface area contributed by atoms with Crippen LogP contribution in [0.4, 0.5) is 13.2 Å². The molecule has 0 amide bonds. The molecule has 0 aliphatic carbocycles. The number of benzene rings is 1. The van der Waals surface area contributed by atoms with Crippen LogP contribution in [-0.2, 0) is 12.6 Å². The largest absolute Gasteiger partial charge is 0.417 e. The van der Waals surface area contributed by atoms with Gasteiger partial charge in [-0.2, -0.15) is 13.2 Å². The molecule has 3 aromatic rings. The van der Waals surface area contributed by atoms with Gasteiger partial charge in [0.05, 0.1) is 16.1 Å². The van der Waals surface area contributed by atoms with Crippen molar-refractivity contribution in [2.45, 2.75) is 52.1 Å². The fraction of sp³-hybridized carbons (Fsp3) is 0.364. The first-order valence-electron chi connectivity index (χ1n) is 9.48. The maximum absolute atomic E-state index is 13.5. The molecule has 6 heteroatoms. The predicted molar refractivity (Wildman–Crippen MR) is 108 cm³/mol. The summed E-state index contributed by atoms with van der Waals surface area (Å²) in [6.45, 7) is 3.82. The summed E-state index contributed by atoms with van der Waals surface area (Å²) in [6, 6.07) is 8.12. The first kappa shape index (κ1) is 20.5. The van der Waals surface area contributed by atoms with Gasteiger partial charge < -0.3 is 0 Å². The van der Waals surface area contributed by atoms with Crippen molar-refractivity contribution >= 4 is 11.3 Å². The van der Waals surface area contributed by atoms with Gasteiger partial charge in [0.25, 0.3) is 0 Å². The Hall–Kier alpha value is -2.21. The van der Waals surface area contributed by atoms with Crippen LogP contribution in [0, 0.1) is 6.92 Å². The molecule has 0 radical (unpaired) electrons. The Labute approximate surface area is 167 Å². The molecule has 0 unspecified atom stereocenters. The first-order chi connectivity index (χ1) is 13.4. The van der Waals surface area contributed by atoms with E-state index in [9.17, 15) is 13.2 Å². The number of unbranched alkanes of at least 4 members (excludes halogenated alkanes) is 3. The van der Waals surface area contributed by atoms with Crippen molar-refractivity contribution in [2.24, 2.45) is 0 Å². The topological polar surface area (TPSA) is 25.8 Å². The molecule has 2 aromatic heterocycles. The van der Waals surface area contributed by atoms with Crippen molar-refractivity contribution in [3.05, 3.63) is 58.6 Å². The molecule has 0 spiro atoms. The number of nitrogens with zero attached hydrogens (tertiary/aromatic N) is 2. The van der Waals surface area contributed by atoms with Crippen LogP contribution in [0.25, 0.3) is 22.0 Å². The van der Waals surface area contributed by atoms with Gasteiger partial charge in [0.15, 0.2) is 5.82 Å². The monoisotopic (exact) mass is 404 g/mol. The summed E-state index contributed by atoms with van der Waals surface area (Å²) in [5, 5.41) is 2.01. The van der Waals surface area contributed by atoms with Crippen LogP contribution < -0.4 is 0 Å². The van der Waals surface area contributed by atoms with E-state index in [1.165, 1.54) is 37.1 Å². The van der Waals surface area contributed by atoms with E-state index in [1.54, 1.807) is 30.4 Å². The average Bonchev–Trinajstić information content (AvgIpc) is 3.13. The second-order valence-corrected chi connectivity index (χ2v) is 7.81. The molecule has 0 aliphatic heterocycles. The second kappa shape index (κ2) is 8.86. The zero-order chi connectivity index (χ0) is 20.1. The molecule has 0 saturated carbocycles. The van der Waals surface area contributed by atoms with Crippen LogP contribution in [0.1, 0.15) is 49.3 Å². The number of hydrogen-bond donors (Lipinski definition) is 0. The van der Waals surface area contributed by atoms with Crippen LogP contribution in [-0.4, -0.2) is 9.97 Å². The van der Waals surface area contributed by atoms with Gasteiger partial charge in [-0.1, -0.05) is 43.9 Å². The number of rotatable bonds is 7. The van der Waals surface area contributed by atoms with Crippen molar-refractivity contribution in [3.8, 4) is 22.0 Å². The summed E-state index contributed by atoms with van der Waals surface area (Å²) >= 11 is 1.57. The molecule has 3 rings (SSSR count). The third-order valence-corrected chi connectivity index (χ3v) is 5.64. The normalized spacial score (nSPS) is 11.8. The molecule has 0 saturated heterocycles. The van der Waals surface area contributed by atoms with Crippen LogP contribution in [0.15, 0.2) is 41.9 Å². The number of aromatic nitrogens is 2. The Morgan fingerprint density at radius 2 is 1.86 bits per heavy atom. The Kier molecular flexibility index (Phi) is 6.50. The molecule has 0 bridgehead atoms. The highest BCUT2D eigenvalue weighted by molar-refractivity contribution is 7.13. The SMILES string of the molecule is CCCCCCc1ccsc1-c1ccnc(-c2ccc(C)cc2C(F)(F)F)n1. The number of alkyl halides is 3. The summed E-state index contributed by atoms with van der Waals surface area (Å²) in [7, 11) is 0. The molecular weight excluding hydrogens is 381 g/mol. The van der Waals surface area contributed by atoms with Crippen molar-refractivity contribution < 1.29 is 13.2 Å². The van der Waals surface area contributed by atoms with Gasteiger partial charge in [0.2, 0.25) is 0 Å². The minimum atomic E-state index is -4.45. The lowest BCUT2D eigenvalue weighted by atomic mass is 10.0. The van der Waals surface area contributed by atoms with Gasteiger partial charge in [-0.15, -0.1) is 11.3 Å². The Balaban J connectivity index is 1.94. The second-order valence-electron chi connectivity index (χ2n) is 6.90. The zero-order valence-corrected chi connectivity index (χ0v) is 16.8. The van der Waals surface area contributed by atoms with Gasteiger partial charge in [-0.05, 0) is 48.9 Å². The van der Waals surface area contributed by atoms with E-state index in [4.69, 9.17) is 0 Å². The van der Waals surface area contributed by atoms with Crippen LogP contribution >= 0.6 is 11.3 Å². The van der Waals surface area contributed by atoms with E-state index in [1.807, 2.05) is 5.38 Å². The maximum atomic E-state index is 13.5. The fourth-order valence-electron chi connectivity index (χ4n) is 3.20. The Bertz CT molecular complexity index is 932. The van der Waals surface area contributed by atoms with E-state index in [-0.39, 0.29) is 11.4 Å². The van der Waals surface area contributed by atoms with E-state index in [2.05, 4.69) is 23.0 Å². The zero-order valence-electron chi connectivity index (χ0n) is 16.0. The summed E-state index contributed by atoms with van der Waals surface area (Å²) in [6.07, 6.45) is 2.72. The van der Waals surface area contributed by atoms with E-state index >= 15 is 0 Å². The van der Waals surface area contributed by atoms with Gasteiger partial charge in [-0.25, -0.2) is 9.97 Å². The first-order valence-corrected chi connectivity index (χ1v) is 10.4. The van der Waals surface area contributed by atoms with E-state index in [0.717, 1.165) is 23.8 Å². The summed E-state index contributed by atoms with van der Waals surface area (Å²) in [4.78, 5) is 9.64. The molecule has 0 aliphatic rings. The minimum Gasteiger partial charge on any atom is -0.237 e. The predicted octanol–water partition coefficient (Wildman–Crippen LogP) is 7.32. The molecule has 0 atom stereocenters. The molecule has 0 N–H and O–H groups in total. The number of halogens is 3. The summed E-state index contributed by atoms with van der Waals surface area (Å²) in [5.41, 5.74) is 1.75. The summed E-state index contributed by atoms with van der Waals surface area (Å²) < 4.78 is 40.5. The molecule has 1 aromatic carbocycles. The standard InChI is InChI=1S/C22H23F3N2S/c1-3-4-5-6-7-16-11-13-28-20(16)19-10-12-26-21(27-19)17-9-8-15(2)14-18(17)22(23,24)25/h8-14H,3-7H2,1-2H3. The molecule has 2 heterocycles. The number of aryl methyl sites for hydroxylation is 2. The van der Waals surface area contributed by atoms with E-state index < -0.39 is 11.7 Å². The Morgan fingerprint density at radius 1 is 1.04 bits per heavy atom. The van der Waals surface area contributed by atoms with Crippen molar-refractivity contribution in [3.63, 3.8) is 0 Å². The van der Waals surface area contributed by atoms with Crippen LogP contribution in [0.3, 0.4) is 0 Å². The molecule has 148 valence electrons. The van der Waals surface area contributed by atoms with Gasteiger partial charge in [-0.3, -0.25) is 0 Å². The molecule has 2 nitrogen and oxygen atoms in total. The van der Waals surface area contributed by atoms with Gasteiger partial charge in [0.1, 0.15) is 0 Å². The third kappa shape index (κ3) is 4.79. The lowest BCUT2D eigenvalue weighted by Crippen LogP contribution is -2.08. The van der Waals surface area contributed by atoms with Crippen molar-refractivity contribution in [1.29, 1.82) is 0 Å².